The average molecular weight is 257 g/mol. The van der Waals surface area contributed by atoms with Gasteiger partial charge in [0, 0.05) is 13.1 Å². The molecule has 104 valence electrons. The summed E-state index contributed by atoms with van der Waals surface area (Å²) in [5.41, 5.74) is 9.89. The minimum Gasteiger partial charge on any atom is -0.370 e. The van der Waals surface area contributed by atoms with Crippen LogP contribution >= 0.6 is 0 Å². The Kier molecular flexibility index (Phi) is 4.02. The van der Waals surface area contributed by atoms with Crippen LogP contribution in [0, 0.1) is 0 Å². The van der Waals surface area contributed by atoms with Gasteiger partial charge in [0.2, 0.25) is 11.8 Å². The largest absolute Gasteiger partial charge is 0.370 e. The van der Waals surface area contributed by atoms with Gasteiger partial charge < -0.3 is 21.1 Å². The quantitative estimate of drug-likeness (QED) is 0.719. The standard InChI is InChI=1S/C12H23N3O3/c1-11(2)6-15(7-12(3,4)18-11)10(17)8(13)5-9(14)16/h8H,5-7,13H2,1-4H3,(H2,14,16). The summed E-state index contributed by atoms with van der Waals surface area (Å²) in [5.74, 6) is -0.819. The molecular weight excluding hydrogens is 234 g/mol. The molecular formula is C12H23N3O3. The normalized spacial score (nSPS) is 23.5. The third-order valence-corrected chi connectivity index (χ3v) is 2.75. The second kappa shape index (κ2) is 4.85. The van der Waals surface area contributed by atoms with E-state index in [1.165, 1.54) is 0 Å². The Morgan fingerprint density at radius 2 is 1.67 bits per heavy atom. The van der Waals surface area contributed by atoms with Crippen molar-refractivity contribution < 1.29 is 14.3 Å². The molecule has 1 aliphatic heterocycles. The fourth-order valence-corrected chi connectivity index (χ4v) is 2.48. The molecule has 0 aromatic heterocycles. The third kappa shape index (κ3) is 3.96. The summed E-state index contributed by atoms with van der Waals surface area (Å²) in [4.78, 5) is 24.6. The van der Waals surface area contributed by atoms with E-state index in [4.69, 9.17) is 16.2 Å². The molecule has 0 bridgehead atoms. The highest BCUT2D eigenvalue weighted by molar-refractivity contribution is 5.87. The number of nitrogens with zero attached hydrogens (tertiary/aromatic N) is 1. The minimum absolute atomic E-state index is 0.128. The van der Waals surface area contributed by atoms with E-state index in [1.807, 2.05) is 27.7 Å². The van der Waals surface area contributed by atoms with Gasteiger partial charge in [0.05, 0.1) is 23.7 Å². The number of carbonyl (C=O) groups is 2. The molecule has 6 nitrogen and oxygen atoms in total. The summed E-state index contributed by atoms with van der Waals surface area (Å²) in [5, 5.41) is 0. The van der Waals surface area contributed by atoms with Crippen molar-refractivity contribution in [2.24, 2.45) is 11.5 Å². The van der Waals surface area contributed by atoms with Crippen molar-refractivity contribution in [2.45, 2.75) is 51.4 Å². The van der Waals surface area contributed by atoms with Crippen molar-refractivity contribution in [1.82, 2.24) is 4.90 Å². The van der Waals surface area contributed by atoms with E-state index in [9.17, 15) is 9.59 Å². The number of rotatable bonds is 3. The summed E-state index contributed by atoms with van der Waals surface area (Å²) < 4.78 is 5.88. The van der Waals surface area contributed by atoms with Gasteiger partial charge in [-0.2, -0.15) is 0 Å². The first-order valence-electron chi connectivity index (χ1n) is 6.05. The summed E-state index contributed by atoms with van der Waals surface area (Å²) in [6.07, 6.45) is -0.128. The Hall–Kier alpha value is -1.14. The molecule has 1 atom stereocenters. The molecule has 0 aromatic rings. The van der Waals surface area contributed by atoms with E-state index in [0.29, 0.717) is 13.1 Å². The van der Waals surface area contributed by atoms with Gasteiger partial charge in [-0.1, -0.05) is 0 Å². The van der Waals surface area contributed by atoms with Crippen LogP contribution in [-0.4, -0.2) is 47.0 Å². The molecule has 1 saturated heterocycles. The molecule has 2 amide bonds. The average Bonchev–Trinajstić information content (AvgIpc) is 2.10. The van der Waals surface area contributed by atoms with Crippen LogP contribution < -0.4 is 11.5 Å². The highest BCUT2D eigenvalue weighted by Gasteiger charge is 2.41. The Morgan fingerprint density at radius 3 is 2.06 bits per heavy atom. The summed E-state index contributed by atoms with van der Waals surface area (Å²) in [6, 6.07) is -0.868. The second-order valence-electron chi connectivity index (χ2n) is 6.09. The first-order chi connectivity index (χ1) is 8.02. The maximum Gasteiger partial charge on any atom is 0.240 e. The van der Waals surface area contributed by atoms with Gasteiger partial charge in [0.15, 0.2) is 0 Å². The predicted octanol–water partition coefficient (Wildman–Crippen LogP) is -0.395. The zero-order valence-electron chi connectivity index (χ0n) is 11.5. The van der Waals surface area contributed by atoms with Crippen LogP contribution in [0.4, 0.5) is 0 Å². The summed E-state index contributed by atoms with van der Waals surface area (Å²) >= 11 is 0. The summed E-state index contributed by atoms with van der Waals surface area (Å²) in [7, 11) is 0. The van der Waals surface area contributed by atoms with E-state index < -0.39 is 23.2 Å². The van der Waals surface area contributed by atoms with Gasteiger partial charge in [-0.05, 0) is 27.7 Å². The highest BCUT2D eigenvalue weighted by Crippen LogP contribution is 2.28. The maximum absolute atomic E-state index is 12.1. The zero-order chi connectivity index (χ0) is 14.1. The van der Waals surface area contributed by atoms with Crippen LogP contribution in [0.1, 0.15) is 34.1 Å². The van der Waals surface area contributed by atoms with Crippen LogP contribution in [0.5, 0.6) is 0 Å². The molecule has 1 rings (SSSR count). The molecule has 0 spiro atoms. The number of nitrogens with two attached hydrogens (primary N) is 2. The highest BCUT2D eigenvalue weighted by atomic mass is 16.5. The molecule has 4 N–H and O–H groups in total. The molecule has 0 saturated carbocycles. The Morgan fingerprint density at radius 1 is 1.22 bits per heavy atom. The van der Waals surface area contributed by atoms with Crippen molar-refractivity contribution in [1.29, 1.82) is 0 Å². The Bertz CT molecular complexity index is 336. The minimum atomic E-state index is -0.868. The molecule has 0 aromatic carbocycles. The van der Waals surface area contributed by atoms with Gasteiger partial charge in [0.25, 0.3) is 0 Å². The molecule has 1 heterocycles. The number of amides is 2. The van der Waals surface area contributed by atoms with E-state index in [2.05, 4.69) is 0 Å². The molecule has 1 unspecified atom stereocenters. The van der Waals surface area contributed by atoms with Crippen LogP contribution in [0.15, 0.2) is 0 Å². The number of hydrogen-bond acceptors (Lipinski definition) is 4. The number of hydrogen-bond donors (Lipinski definition) is 2. The van der Waals surface area contributed by atoms with Crippen LogP contribution in [-0.2, 0) is 14.3 Å². The predicted molar refractivity (Wildman–Crippen MR) is 67.6 cm³/mol. The monoisotopic (exact) mass is 257 g/mol. The van der Waals surface area contributed by atoms with E-state index >= 15 is 0 Å². The number of ether oxygens (including phenoxy) is 1. The lowest BCUT2D eigenvalue weighted by Crippen LogP contribution is -2.61. The van der Waals surface area contributed by atoms with E-state index in [0.717, 1.165) is 0 Å². The van der Waals surface area contributed by atoms with Gasteiger partial charge >= 0.3 is 0 Å². The molecule has 0 aliphatic carbocycles. The number of morpholine rings is 1. The van der Waals surface area contributed by atoms with Gasteiger partial charge in [-0.3, -0.25) is 9.59 Å². The zero-order valence-corrected chi connectivity index (χ0v) is 11.5. The molecule has 1 aliphatic rings. The third-order valence-electron chi connectivity index (χ3n) is 2.75. The van der Waals surface area contributed by atoms with E-state index in [-0.39, 0.29) is 12.3 Å². The lowest BCUT2D eigenvalue weighted by atomic mass is 9.98. The van der Waals surface area contributed by atoms with Crippen LogP contribution in [0.25, 0.3) is 0 Å². The second-order valence-corrected chi connectivity index (χ2v) is 6.09. The van der Waals surface area contributed by atoms with Crippen LogP contribution in [0.2, 0.25) is 0 Å². The number of primary amides is 1. The fourth-order valence-electron chi connectivity index (χ4n) is 2.48. The number of carbonyl (C=O) groups excluding carboxylic acids is 2. The molecule has 0 radical (unpaired) electrons. The first-order valence-corrected chi connectivity index (χ1v) is 6.05. The topological polar surface area (TPSA) is 98.6 Å². The molecule has 1 fully saturated rings. The Balaban J connectivity index is 2.76. The van der Waals surface area contributed by atoms with Crippen molar-refractivity contribution in [2.75, 3.05) is 13.1 Å². The van der Waals surface area contributed by atoms with Crippen LogP contribution in [0.3, 0.4) is 0 Å². The SMILES string of the molecule is CC1(C)CN(C(=O)C(N)CC(N)=O)CC(C)(C)O1. The van der Waals surface area contributed by atoms with E-state index in [1.54, 1.807) is 4.90 Å². The van der Waals surface area contributed by atoms with Crippen molar-refractivity contribution in [3.63, 3.8) is 0 Å². The smallest absolute Gasteiger partial charge is 0.240 e. The lowest BCUT2D eigenvalue weighted by Gasteiger charge is -2.47. The van der Waals surface area contributed by atoms with Gasteiger partial charge in [-0.15, -0.1) is 0 Å². The van der Waals surface area contributed by atoms with Crippen molar-refractivity contribution in [3.8, 4) is 0 Å². The van der Waals surface area contributed by atoms with Gasteiger partial charge in [0.1, 0.15) is 0 Å². The molecule has 6 heteroatoms. The van der Waals surface area contributed by atoms with Crippen molar-refractivity contribution >= 4 is 11.8 Å². The summed E-state index contributed by atoms with van der Waals surface area (Å²) in [6.45, 7) is 8.62. The molecule has 18 heavy (non-hydrogen) atoms. The Labute approximate surface area is 108 Å². The first kappa shape index (κ1) is 14.9. The van der Waals surface area contributed by atoms with Gasteiger partial charge in [-0.25, -0.2) is 0 Å². The lowest BCUT2D eigenvalue weighted by molar-refractivity contribution is -0.188. The van der Waals surface area contributed by atoms with Crippen molar-refractivity contribution in [3.05, 3.63) is 0 Å². The maximum atomic E-state index is 12.1. The fraction of sp³-hybridized carbons (Fsp3) is 0.833.